The molecule has 0 radical (unpaired) electrons. The average Bonchev–Trinajstić information content (AvgIpc) is 3.64. The molecule has 3 atom stereocenters. The molecule has 1 aromatic heterocycles. The van der Waals surface area contributed by atoms with Crippen molar-refractivity contribution in [3.8, 4) is 11.5 Å². The second kappa shape index (κ2) is 14.0. The van der Waals surface area contributed by atoms with Crippen molar-refractivity contribution in [2.75, 3.05) is 53.6 Å². The zero-order valence-electron chi connectivity index (χ0n) is 24.4. The highest BCUT2D eigenvalue weighted by molar-refractivity contribution is 5.79. The highest BCUT2D eigenvalue weighted by atomic mass is 16.7. The summed E-state index contributed by atoms with van der Waals surface area (Å²) in [5, 5.41) is 10.5. The number of unbranched alkanes of at least 4 members (excludes halogenated alkanes) is 2. The van der Waals surface area contributed by atoms with E-state index in [9.17, 15) is 14.7 Å². The SMILES string of the molecule is CCCCN(CCCCN(C)C)C(=O)CN1C[C@H](c2ccc3c(c2)OCO3)[C@@H](C(=O)O)[C@@H]1CCc1nccn1C. The Hall–Kier alpha value is -3.11. The molecule has 0 aliphatic carbocycles. The van der Waals surface area contributed by atoms with E-state index < -0.39 is 11.9 Å². The fourth-order valence-corrected chi connectivity index (χ4v) is 5.96. The summed E-state index contributed by atoms with van der Waals surface area (Å²) in [4.78, 5) is 37.2. The summed E-state index contributed by atoms with van der Waals surface area (Å²) < 4.78 is 13.0. The number of likely N-dealkylation sites (tertiary alicyclic amines) is 1. The van der Waals surface area contributed by atoms with Crippen molar-refractivity contribution in [2.45, 2.75) is 57.4 Å². The van der Waals surface area contributed by atoms with Gasteiger partial charge in [-0.25, -0.2) is 4.98 Å². The molecule has 0 unspecified atom stereocenters. The number of hydrogen-bond donors (Lipinski definition) is 1. The van der Waals surface area contributed by atoms with Gasteiger partial charge in [-0.05, 0) is 64.0 Å². The number of ether oxygens (including phenoxy) is 2. The molecular formula is C30H45N5O5. The zero-order valence-corrected chi connectivity index (χ0v) is 24.4. The Balaban J connectivity index is 1.55. The number of benzene rings is 1. The molecule has 0 saturated carbocycles. The number of nitrogens with zero attached hydrogens (tertiary/aromatic N) is 5. The highest BCUT2D eigenvalue weighted by Gasteiger charge is 2.47. The predicted octanol–water partition coefficient (Wildman–Crippen LogP) is 3.22. The predicted molar refractivity (Wildman–Crippen MR) is 153 cm³/mol. The van der Waals surface area contributed by atoms with Crippen LogP contribution >= 0.6 is 0 Å². The molecule has 4 rings (SSSR count). The van der Waals surface area contributed by atoms with Gasteiger partial charge in [-0.3, -0.25) is 14.5 Å². The van der Waals surface area contributed by atoms with Crippen LogP contribution in [-0.4, -0.2) is 101 Å². The van der Waals surface area contributed by atoms with Gasteiger partial charge < -0.3 is 28.9 Å². The molecule has 0 spiro atoms. The van der Waals surface area contributed by atoms with Gasteiger partial charge in [0.2, 0.25) is 12.7 Å². The molecule has 1 saturated heterocycles. The second-order valence-electron chi connectivity index (χ2n) is 11.3. The van der Waals surface area contributed by atoms with Crippen molar-refractivity contribution in [1.29, 1.82) is 0 Å². The molecule has 1 fully saturated rings. The molecule has 3 heterocycles. The van der Waals surface area contributed by atoms with Crippen molar-refractivity contribution in [2.24, 2.45) is 13.0 Å². The Labute approximate surface area is 237 Å². The van der Waals surface area contributed by atoms with Crippen LogP contribution in [0, 0.1) is 5.92 Å². The standard InChI is InChI=1S/C30H45N5O5/c1-5-6-15-34(16-8-7-14-32(2)3)28(36)20-35-19-23(22-9-11-25-26(18-22)40-21-39-25)29(30(37)38)24(35)10-12-27-31-13-17-33(27)4/h9,11,13,17-18,23-24,29H,5-8,10,12,14-16,19-21H2,1-4H3,(H,37,38)/t23-,24+,29-/m1/s1. The van der Waals surface area contributed by atoms with Crippen molar-refractivity contribution >= 4 is 11.9 Å². The number of aryl methyl sites for hydroxylation is 2. The molecule has 2 aromatic rings. The zero-order chi connectivity index (χ0) is 28.6. The second-order valence-corrected chi connectivity index (χ2v) is 11.3. The first-order valence-electron chi connectivity index (χ1n) is 14.5. The first kappa shape index (κ1) is 29.9. The minimum atomic E-state index is -0.839. The van der Waals surface area contributed by atoms with Crippen LogP contribution in [0.3, 0.4) is 0 Å². The first-order valence-corrected chi connectivity index (χ1v) is 14.5. The molecule has 2 aliphatic rings. The van der Waals surface area contributed by atoms with Gasteiger partial charge in [0.1, 0.15) is 5.82 Å². The summed E-state index contributed by atoms with van der Waals surface area (Å²) in [6.45, 7) is 5.47. The molecule has 2 aliphatic heterocycles. The van der Waals surface area contributed by atoms with Crippen molar-refractivity contribution in [3.05, 3.63) is 42.0 Å². The van der Waals surface area contributed by atoms with E-state index in [1.807, 2.05) is 40.9 Å². The molecule has 1 N–H and O–H groups in total. The number of aromatic nitrogens is 2. The van der Waals surface area contributed by atoms with Gasteiger partial charge in [0, 0.05) is 57.5 Å². The number of rotatable bonds is 15. The van der Waals surface area contributed by atoms with Gasteiger partial charge in [0.25, 0.3) is 0 Å². The van der Waals surface area contributed by atoms with Crippen LogP contribution < -0.4 is 9.47 Å². The third-order valence-corrected chi connectivity index (χ3v) is 8.20. The topological polar surface area (TPSA) is 100 Å². The lowest BCUT2D eigenvalue weighted by molar-refractivity contribution is -0.143. The quantitative estimate of drug-likeness (QED) is 0.335. The van der Waals surface area contributed by atoms with Gasteiger partial charge in [0.05, 0.1) is 12.5 Å². The van der Waals surface area contributed by atoms with E-state index in [0.717, 1.165) is 56.7 Å². The number of hydrogen-bond acceptors (Lipinski definition) is 7. The number of carboxylic acid groups (broad SMARTS) is 1. The number of carboxylic acids is 1. The molecule has 1 aromatic carbocycles. The number of fused-ring (bicyclic) bond motifs is 1. The minimum absolute atomic E-state index is 0.0794. The van der Waals surface area contributed by atoms with Gasteiger partial charge in [0.15, 0.2) is 11.5 Å². The monoisotopic (exact) mass is 555 g/mol. The van der Waals surface area contributed by atoms with Gasteiger partial charge >= 0.3 is 5.97 Å². The van der Waals surface area contributed by atoms with Crippen LogP contribution in [0.4, 0.5) is 0 Å². The summed E-state index contributed by atoms with van der Waals surface area (Å²) >= 11 is 0. The Morgan fingerprint density at radius 1 is 1.10 bits per heavy atom. The number of amides is 1. The van der Waals surface area contributed by atoms with Crippen LogP contribution in [-0.2, 0) is 23.1 Å². The molecule has 40 heavy (non-hydrogen) atoms. The molecule has 10 nitrogen and oxygen atoms in total. The number of carbonyl (C=O) groups excluding carboxylic acids is 1. The first-order chi connectivity index (χ1) is 19.3. The van der Waals surface area contributed by atoms with Crippen molar-refractivity contribution in [3.63, 3.8) is 0 Å². The van der Waals surface area contributed by atoms with Crippen molar-refractivity contribution < 1.29 is 24.2 Å². The van der Waals surface area contributed by atoms with Gasteiger partial charge in [-0.1, -0.05) is 19.4 Å². The summed E-state index contributed by atoms with van der Waals surface area (Å²) in [5.41, 5.74) is 0.903. The molecule has 220 valence electrons. The van der Waals surface area contributed by atoms with E-state index in [0.29, 0.717) is 30.9 Å². The fraction of sp³-hybridized carbons (Fsp3) is 0.633. The Morgan fingerprint density at radius 3 is 2.55 bits per heavy atom. The van der Waals surface area contributed by atoms with Crippen LogP contribution in [0.5, 0.6) is 11.5 Å². The fourth-order valence-electron chi connectivity index (χ4n) is 5.96. The number of aliphatic carboxylic acids is 1. The van der Waals surface area contributed by atoms with Crippen LogP contribution in [0.25, 0.3) is 0 Å². The number of imidazole rings is 1. The van der Waals surface area contributed by atoms with E-state index in [1.165, 1.54) is 0 Å². The largest absolute Gasteiger partial charge is 0.481 e. The Bertz CT molecular complexity index is 1140. The third kappa shape index (κ3) is 7.34. The summed E-state index contributed by atoms with van der Waals surface area (Å²) in [6.07, 6.45) is 8.87. The maximum Gasteiger partial charge on any atom is 0.308 e. The number of carbonyl (C=O) groups is 2. The molecule has 10 heteroatoms. The Morgan fingerprint density at radius 2 is 1.85 bits per heavy atom. The summed E-state index contributed by atoms with van der Waals surface area (Å²) in [7, 11) is 6.08. The highest BCUT2D eigenvalue weighted by Crippen LogP contribution is 2.43. The van der Waals surface area contributed by atoms with Gasteiger partial charge in [-0.2, -0.15) is 0 Å². The van der Waals surface area contributed by atoms with Crippen LogP contribution in [0.2, 0.25) is 0 Å². The smallest absolute Gasteiger partial charge is 0.308 e. The van der Waals surface area contributed by atoms with Crippen LogP contribution in [0.15, 0.2) is 30.6 Å². The van der Waals surface area contributed by atoms with E-state index in [4.69, 9.17) is 9.47 Å². The summed E-state index contributed by atoms with van der Waals surface area (Å²) in [5.74, 6) is 0.544. The van der Waals surface area contributed by atoms with E-state index in [2.05, 4.69) is 35.8 Å². The lowest BCUT2D eigenvalue weighted by Crippen LogP contribution is -2.45. The average molecular weight is 556 g/mol. The summed E-state index contributed by atoms with van der Waals surface area (Å²) in [6, 6.07) is 5.40. The van der Waals surface area contributed by atoms with E-state index in [1.54, 1.807) is 6.20 Å². The maximum atomic E-state index is 13.7. The van der Waals surface area contributed by atoms with Crippen molar-refractivity contribution in [1.82, 2.24) is 24.3 Å². The lowest BCUT2D eigenvalue weighted by Gasteiger charge is -2.30. The van der Waals surface area contributed by atoms with Crippen LogP contribution in [0.1, 0.15) is 56.3 Å². The normalized spacial score (nSPS) is 20.4. The molecule has 1 amide bonds. The Kier molecular flexibility index (Phi) is 10.4. The maximum absolute atomic E-state index is 13.7. The van der Waals surface area contributed by atoms with Gasteiger partial charge in [-0.15, -0.1) is 0 Å². The van der Waals surface area contributed by atoms with E-state index in [-0.39, 0.29) is 31.2 Å². The molecule has 0 bridgehead atoms. The van der Waals surface area contributed by atoms with E-state index >= 15 is 0 Å². The minimum Gasteiger partial charge on any atom is -0.481 e. The third-order valence-electron chi connectivity index (χ3n) is 8.20. The molecular weight excluding hydrogens is 510 g/mol. The lowest BCUT2D eigenvalue weighted by atomic mass is 9.83.